The molecule has 2 rings (SSSR count). The first-order valence-electron chi connectivity index (χ1n) is 7.42. The molecule has 106 valence electrons. The molecule has 1 aliphatic heterocycles. The predicted octanol–water partition coefficient (Wildman–Crippen LogP) is 2.10. The van der Waals surface area contributed by atoms with E-state index < -0.39 is 0 Å². The van der Waals surface area contributed by atoms with Crippen LogP contribution in [0.2, 0.25) is 0 Å². The van der Waals surface area contributed by atoms with Crippen molar-refractivity contribution in [2.24, 2.45) is 0 Å². The molecule has 0 saturated carbocycles. The van der Waals surface area contributed by atoms with Crippen LogP contribution in [0.25, 0.3) is 0 Å². The first-order chi connectivity index (χ1) is 9.33. The summed E-state index contributed by atoms with van der Waals surface area (Å²) in [6.07, 6.45) is 3.43. The smallest absolute Gasteiger partial charge is 0.122 e. The van der Waals surface area contributed by atoms with Gasteiger partial charge in [-0.3, -0.25) is 0 Å². The van der Waals surface area contributed by atoms with Crippen molar-refractivity contribution in [2.75, 3.05) is 39.8 Å². The monoisotopic (exact) mass is 262 g/mol. The molecule has 1 aliphatic rings. The first-order valence-corrected chi connectivity index (χ1v) is 7.42. The average Bonchev–Trinajstić information content (AvgIpc) is 2.73. The maximum Gasteiger partial charge on any atom is 0.122 e. The summed E-state index contributed by atoms with van der Waals surface area (Å²) in [5, 5.41) is 3.45. The summed E-state index contributed by atoms with van der Waals surface area (Å²) in [7, 11) is 1.75. The van der Waals surface area contributed by atoms with Crippen molar-refractivity contribution in [3.05, 3.63) is 29.3 Å². The molecular weight excluding hydrogens is 236 g/mol. The highest BCUT2D eigenvalue weighted by Gasteiger charge is 2.09. The highest BCUT2D eigenvalue weighted by molar-refractivity contribution is 5.37. The summed E-state index contributed by atoms with van der Waals surface area (Å²) in [6.45, 7) is 8.04. The summed E-state index contributed by atoms with van der Waals surface area (Å²) in [5.74, 6) is 1.02. The summed E-state index contributed by atoms with van der Waals surface area (Å²) < 4.78 is 5.38. The Labute approximate surface area is 116 Å². The number of benzene rings is 1. The van der Waals surface area contributed by atoms with Crippen molar-refractivity contribution < 1.29 is 4.74 Å². The van der Waals surface area contributed by atoms with E-state index in [4.69, 9.17) is 4.74 Å². The summed E-state index contributed by atoms with van der Waals surface area (Å²) >= 11 is 0. The van der Waals surface area contributed by atoms with Gasteiger partial charge in [-0.25, -0.2) is 0 Å². The Balaban J connectivity index is 1.91. The van der Waals surface area contributed by atoms with Crippen LogP contribution in [0, 0.1) is 0 Å². The maximum atomic E-state index is 5.38. The van der Waals surface area contributed by atoms with Crippen molar-refractivity contribution in [2.45, 2.75) is 26.2 Å². The Morgan fingerprint density at radius 1 is 1.26 bits per heavy atom. The van der Waals surface area contributed by atoms with Crippen LogP contribution < -0.4 is 10.1 Å². The van der Waals surface area contributed by atoms with E-state index in [2.05, 4.69) is 35.3 Å². The largest absolute Gasteiger partial charge is 0.496 e. The number of rotatable bonds is 5. The van der Waals surface area contributed by atoms with E-state index in [-0.39, 0.29) is 0 Å². The molecule has 3 nitrogen and oxygen atoms in total. The van der Waals surface area contributed by atoms with Crippen molar-refractivity contribution in [3.63, 3.8) is 0 Å². The second-order valence-corrected chi connectivity index (χ2v) is 5.19. The van der Waals surface area contributed by atoms with Gasteiger partial charge in [0.25, 0.3) is 0 Å². The molecule has 1 saturated heterocycles. The minimum atomic E-state index is 1.02. The number of hydrogen-bond donors (Lipinski definition) is 1. The van der Waals surface area contributed by atoms with Crippen LogP contribution in [0.15, 0.2) is 18.2 Å². The third-order valence-electron chi connectivity index (χ3n) is 3.88. The number of ether oxygens (including phenoxy) is 1. The Kier molecular flexibility index (Phi) is 5.67. The molecule has 0 unspecified atom stereocenters. The quantitative estimate of drug-likeness (QED) is 0.879. The average molecular weight is 262 g/mol. The van der Waals surface area contributed by atoms with Crippen molar-refractivity contribution in [1.82, 2.24) is 10.2 Å². The van der Waals surface area contributed by atoms with Crippen molar-refractivity contribution in [3.8, 4) is 5.75 Å². The van der Waals surface area contributed by atoms with Crippen LogP contribution >= 0.6 is 0 Å². The second-order valence-electron chi connectivity index (χ2n) is 5.19. The van der Waals surface area contributed by atoms with Gasteiger partial charge in [-0.15, -0.1) is 0 Å². The molecule has 0 radical (unpaired) electrons. The summed E-state index contributed by atoms with van der Waals surface area (Å²) in [6, 6.07) is 6.61. The number of nitrogens with zero attached hydrogens (tertiary/aromatic N) is 1. The molecule has 1 fully saturated rings. The number of aryl methyl sites for hydroxylation is 1. The zero-order valence-electron chi connectivity index (χ0n) is 12.2. The van der Waals surface area contributed by atoms with Gasteiger partial charge in [0.2, 0.25) is 0 Å². The van der Waals surface area contributed by atoms with Crippen LogP contribution in [-0.4, -0.2) is 44.7 Å². The predicted molar refractivity (Wildman–Crippen MR) is 80.0 cm³/mol. The molecular formula is C16H26N2O. The van der Waals surface area contributed by atoms with Gasteiger partial charge in [0, 0.05) is 19.6 Å². The van der Waals surface area contributed by atoms with Gasteiger partial charge in [-0.05, 0) is 49.5 Å². The molecule has 1 N–H and O–H groups in total. The minimum Gasteiger partial charge on any atom is -0.496 e. The Morgan fingerprint density at radius 3 is 2.95 bits per heavy atom. The van der Waals surface area contributed by atoms with Gasteiger partial charge in [0.1, 0.15) is 5.75 Å². The van der Waals surface area contributed by atoms with Crippen LogP contribution in [-0.2, 0) is 12.8 Å². The van der Waals surface area contributed by atoms with E-state index in [1.807, 2.05) is 0 Å². The van der Waals surface area contributed by atoms with Crippen molar-refractivity contribution >= 4 is 0 Å². The van der Waals surface area contributed by atoms with Gasteiger partial charge in [-0.2, -0.15) is 0 Å². The van der Waals surface area contributed by atoms with E-state index in [0.717, 1.165) is 31.7 Å². The fraction of sp³-hybridized carbons (Fsp3) is 0.625. The van der Waals surface area contributed by atoms with E-state index in [9.17, 15) is 0 Å². The van der Waals surface area contributed by atoms with Crippen LogP contribution in [0.3, 0.4) is 0 Å². The number of methoxy groups -OCH3 is 1. The second kappa shape index (κ2) is 7.51. The highest BCUT2D eigenvalue weighted by Crippen LogP contribution is 2.20. The van der Waals surface area contributed by atoms with Crippen LogP contribution in [0.1, 0.15) is 24.5 Å². The minimum absolute atomic E-state index is 1.02. The first kappa shape index (κ1) is 14.4. The topological polar surface area (TPSA) is 24.5 Å². The molecule has 0 amide bonds. The van der Waals surface area contributed by atoms with E-state index >= 15 is 0 Å². The van der Waals surface area contributed by atoms with E-state index in [1.165, 1.54) is 37.2 Å². The fourth-order valence-electron chi connectivity index (χ4n) is 2.68. The molecule has 1 aromatic carbocycles. The van der Waals surface area contributed by atoms with Gasteiger partial charge in [0.15, 0.2) is 0 Å². The fourth-order valence-corrected chi connectivity index (χ4v) is 2.68. The van der Waals surface area contributed by atoms with E-state index in [1.54, 1.807) is 7.11 Å². The highest BCUT2D eigenvalue weighted by atomic mass is 16.5. The standard InChI is InChI=1S/C16H26N2O/c1-3-15-13-14(5-6-16(15)19-2)7-11-18-10-4-8-17-9-12-18/h5-6,13,17H,3-4,7-12H2,1-2H3. The maximum absolute atomic E-state index is 5.38. The lowest BCUT2D eigenvalue weighted by Gasteiger charge is -2.19. The zero-order chi connectivity index (χ0) is 13.5. The van der Waals surface area contributed by atoms with Crippen LogP contribution in [0.4, 0.5) is 0 Å². The molecule has 0 aliphatic carbocycles. The Morgan fingerprint density at radius 2 is 2.16 bits per heavy atom. The molecule has 0 atom stereocenters. The lowest BCUT2D eigenvalue weighted by molar-refractivity contribution is 0.296. The molecule has 1 heterocycles. The lowest BCUT2D eigenvalue weighted by Crippen LogP contribution is -2.30. The van der Waals surface area contributed by atoms with Gasteiger partial charge >= 0.3 is 0 Å². The SMILES string of the molecule is CCc1cc(CCN2CCCNCC2)ccc1OC. The van der Waals surface area contributed by atoms with E-state index in [0.29, 0.717) is 0 Å². The lowest BCUT2D eigenvalue weighted by atomic mass is 10.0. The molecule has 0 bridgehead atoms. The van der Waals surface area contributed by atoms with Crippen molar-refractivity contribution in [1.29, 1.82) is 0 Å². The van der Waals surface area contributed by atoms with Gasteiger partial charge in [-0.1, -0.05) is 19.1 Å². The summed E-state index contributed by atoms with van der Waals surface area (Å²) in [4.78, 5) is 2.57. The summed E-state index contributed by atoms with van der Waals surface area (Å²) in [5.41, 5.74) is 2.74. The molecule has 3 heteroatoms. The molecule has 1 aromatic rings. The Hall–Kier alpha value is -1.06. The third kappa shape index (κ3) is 4.22. The third-order valence-corrected chi connectivity index (χ3v) is 3.88. The molecule has 0 spiro atoms. The zero-order valence-corrected chi connectivity index (χ0v) is 12.2. The normalized spacial score (nSPS) is 17.2. The number of hydrogen-bond acceptors (Lipinski definition) is 3. The Bertz CT molecular complexity index is 384. The van der Waals surface area contributed by atoms with Crippen LogP contribution in [0.5, 0.6) is 5.75 Å². The van der Waals surface area contributed by atoms with Gasteiger partial charge in [0.05, 0.1) is 7.11 Å². The van der Waals surface area contributed by atoms with Gasteiger partial charge < -0.3 is 15.0 Å². The molecule has 0 aromatic heterocycles. The molecule has 19 heavy (non-hydrogen) atoms. The number of nitrogens with one attached hydrogen (secondary N) is 1.